The van der Waals surface area contributed by atoms with E-state index in [1.165, 1.54) is 0 Å². The number of morpholine rings is 1. The molecule has 21 heavy (non-hydrogen) atoms. The van der Waals surface area contributed by atoms with Crippen LogP contribution < -0.4 is 11.1 Å². The molecule has 4 N–H and O–H groups in total. The van der Waals surface area contributed by atoms with Gasteiger partial charge in [-0.25, -0.2) is 4.79 Å². The topological polar surface area (TPSA) is 109 Å². The van der Waals surface area contributed by atoms with Crippen LogP contribution in [0.4, 0.5) is 10.5 Å². The van der Waals surface area contributed by atoms with E-state index in [1.807, 2.05) is 6.07 Å². The van der Waals surface area contributed by atoms with Crippen LogP contribution in [0.3, 0.4) is 0 Å². The van der Waals surface area contributed by atoms with Gasteiger partial charge in [-0.15, -0.1) is 0 Å². The first-order valence-corrected chi connectivity index (χ1v) is 6.94. The summed E-state index contributed by atoms with van der Waals surface area (Å²) in [5, 5.41) is 13.4. The standard InChI is InChI=1S/C13H18N6O2/c14-4-3-10-8-19(5-6-21-10)13(20)15-9-1-2-11-12(7-9)17-18-16-11/h1-2,7,10H,3-6,8,14H2,(H,15,20)(H,16,17,18). The fourth-order valence-corrected chi connectivity index (χ4v) is 2.38. The molecule has 8 nitrogen and oxygen atoms in total. The monoisotopic (exact) mass is 290 g/mol. The van der Waals surface area contributed by atoms with Crippen LogP contribution in [-0.4, -0.2) is 58.7 Å². The number of aromatic amines is 1. The minimum atomic E-state index is -0.136. The number of urea groups is 1. The van der Waals surface area contributed by atoms with Crippen molar-refractivity contribution in [3.63, 3.8) is 0 Å². The van der Waals surface area contributed by atoms with Gasteiger partial charge in [-0.1, -0.05) is 0 Å². The van der Waals surface area contributed by atoms with E-state index < -0.39 is 0 Å². The normalized spacial score (nSPS) is 18.9. The van der Waals surface area contributed by atoms with Gasteiger partial charge in [0.25, 0.3) is 0 Å². The molecule has 1 atom stereocenters. The number of hydrogen-bond donors (Lipinski definition) is 3. The molecule has 8 heteroatoms. The first kappa shape index (κ1) is 13.8. The highest BCUT2D eigenvalue weighted by atomic mass is 16.5. The molecule has 2 aromatic rings. The van der Waals surface area contributed by atoms with Crippen molar-refractivity contribution in [3.8, 4) is 0 Å². The van der Waals surface area contributed by atoms with Crippen molar-refractivity contribution in [2.45, 2.75) is 12.5 Å². The molecule has 1 aromatic heterocycles. The van der Waals surface area contributed by atoms with Crippen molar-refractivity contribution in [3.05, 3.63) is 18.2 Å². The van der Waals surface area contributed by atoms with Gasteiger partial charge < -0.3 is 20.7 Å². The molecule has 1 fully saturated rings. The van der Waals surface area contributed by atoms with Crippen LogP contribution in [0.2, 0.25) is 0 Å². The molecule has 1 aliphatic rings. The van der Waals surface area contributed by atoms with E-state index in [1.54, 1.807) is 17.0 Å². The predicted molar refractivity (Wildman–Crippen MR) is 77.9 cm³/mol. The smallest absolute Gasteiger partial charge is 0.322 e. The van der Waals surface area contributed by atoms with Crippen LogP contribution in [0.25, 0.3) is 11.0 Å². The zero-order valence-corrected chi connectivity index (χ0v) is 11.6. The quantitative estimate of drug-likeness (QED) is 0.764. The molecule has 1 saturated heterocycles. The molecule has 112 valence electrons. The number of nitrogens with zero attached hydrogens (tertiary/aromatic N) is 3. The Balaban J connectivity index is 1.64. The number of carbonyl (C=O) groups excluding carboxylic acids is 1. The summed E-state index contributed by atoms with van der Waals surface area (Å²) in [4.78, 5) is 14.0. The van der Waals surface area contributed by atoms with Crippen LogP contribution in [0.15, 0.2) is 18.2 Å². The summed E-state index contributed by atoms with van der Waals surface area (Å²) < 4.78 is 5.57. The highest BCUT2D eigenvalue weighted by Gasteiger charge is 2.23. The minimum Gasteiger partial charge on any atom is -0.374 e. The number of rotatable bonds is 3. The Labute approximate surface area is 121 Å². The van der Waals surface area contributed by atoms with E-state index in [9.17, 15) is 4.79 Å². The second-order valence-corrected chi connectivity index (χ2v) is 4.97. The molecule has 1 unspecified atom stereocenters. The second kappa shape index (κ2) is 6.06. The maximum atomic E-state index is 12.3. The number of hydrogen-bond acceptors (Lipinski definition) is 5. The molecule has 1 aliphatic heterocycles. The number of amides is 2. The Bertz CT molecular complexity index is 626. The Morgan fingerprint density at radius 1 is 1.48 bits per heavy atom. The average Bonchev–Trinajstić information content (AvgIpc) is 2.95. The lowest BCUT2D eigenvalue weighted by atomic mass is 10.2. The average molecular weight is 290 g/mol. The van der Waals surface area contributed by atoms with E-state index in [-0.39, 0.29) is 12.1 Å². The Hall–Kier alpha value is -2.19. The van der Waals surface area contributed by atoms with Gasteiger partial charge in [-0.05, 0) is 31.2 Å². The van der Waals surface area contributed by atoms with Gasteiger partial charge in [0.2, 0.25) is 0 Å². The van der Waals surface area contributed by atoms with Crippen LogP contribution in [-0.2, 0) is 4.74 Å². The van der Waals surface area contributed by atoms with E-state index >= 15 is 0 Å². The third-order valence-electron chi connectivity index (χ3n) is 3.48. The first-order chi connectivity index (χ1) is 10.3. The molecule has 0 spiro atoms. The molecule has 0 bridgehead atoms. The molecule has 0 saturated carbocycles. The van der Waals surface area contributed by atoms with Gasteiger partial charge in [0.1, 0.15) is 11.0 Å². The maximum Gasteiger partial charge on any atom is 0.322 e. The number of fused-ring (bicyclic) bond motifs is 1. The highest BCUT2D eigenvalue weighted by Crippen LogP contribution is 2.16. The number of nitrogens with one attached hydrogen (secondary N) is 2. The number of benzene rings is 1. The highest BCUT2D eigenvalue weighted by molar-refractivity contribution is 5.91. The molecule has 0 aliphatic carbocycles. The Kier molecular flexibility index (Phi) is 3.98. The number of carbonyl (C=O) groups is 1. The van der Waals surface area contributed by atoms with Gasteiger partial charge in [0, 0.05) is 18.8 Å². The fraction of sp³-hybridized carbons (Fsp3) is 0.462. The maximum absolute atomic E-state index is 12.3. The van der Waals surface area contributed by atoms with Gasteiger partial charge in [0.05, 0.1) is 12.7 Å². The molecular weight excluding hydrogens is 272 g/mol. The SMILES string of the molecule is NCCC1CN(C(=O)Nc2ccc3n[nH]nc3c2)CCO1. The zero-order chi connectivity index (χ0) is 14.7. The third-order valence-corrected chi connectivity index (χ3v) is 3.48. The number of H-pyrrole nitrogens is 1. The summed E-state index contributed by atoms with van der Waals surface area (Å²) in [6.45, 7) is 2.25. The molecule has 0 radical (unpaired) electrons. The number of aromatic nitrogens is 3. The molecule has 2 heterocycles. The summed E-state index contributed by atoms with van der Waals surface area (Å²) in [5.74, 6) is 0. The van der Waals surface area contributed by atoms with Crippen molar-refractivity contribution in [2.24, 2.45) is 5.73 Å². The number of ether oxygens (including phenoxy) is 1. The first-order valence-electron chi connectivity index (χ1n) is 6.94. The second-order valence-electron chi connectivity index (χ2n) is 4.97. The number of anilines is 1. The van der Waals surface area contributed by atoms with Crippen molar-refractivity contribution < 1.29 is 9.53 Å². The Morgan fingerprint density at radius 2 is 2.33 bits per heavy atom. The van der Waals surface area contributed by atoms with Gasteiger partial charge in [-0.2, -0.15) is 15.4 Å². The summed E-state index contributed by atoms with van der Waals surface area (Å²) in [6.07, 6.45) is 0.779. The van der Waals surface area contributed by atoms with Gasteiger partial charge in [0.15, 0.2) is 0 Å². The van der Waals surface area contributed by atoms with Gasteiger partial charge >= 0.3 is 6.03 Å². The van der Waals surface area contributed by atoms with E-state index in [4.69, 9.17) is 10.5 Å². The summed E-state index contributed by atoms with van der Waals surface area (Å²) >= 11 is 0. The molecule has 2 amide bonds. The van der Waals surface area contributed by atoms with E-state index in [2.05, 4.69) is 20.7 Å². The predicted octanol–water partition coefficient (Wildman–Crippen LogP) is 0.539. The summed E-state index contributed by atoms with van der Waals surface area (Å²) in [7, 11) is 0. The summed E-state index contributed by atoms with van der Waals surface area (Å²) in [5.41, 5.74) is 7.71. The van der Waals surface area contributed by atoms with Crippen LogP contribution in [0.5, 0.6) is 0 Å². The van der Waals surface area contributed by atoms with Gasteiger partial charge in [-0.3, -0.25) is 0 Å². The number of nitrogens with two attached hydrogens (primary N) is 1. The Morgan fingerprint density at radius 3 is 3.19 bits per heavy atom. The van der Waals surface area contributed by atoms with Crippen LogP contribution >= 0.6 is 0 Å². The lowest BCUT2D eigenvalue weighted by Gasteiger charge is -2.32. The summed E-state index contributed by atoms with van der Waals surface area (Å²) in [6, 6.07) is 5.27. The molecular formula is C13H18N6O2. The van der Waals surface area contributed by atoms with Crippen molar-refractivity contribution in [1.29, 1.82) is 0 Å². The van der Waals surface area contributed by atoms with E-state index in [0.717, 1.165) is 17.5 Å². The van der Waals surface area contributed by atoms with Crippen LogP contribution in [0, 0.1) is 0 Å². The molecule has 3 rings (SSSR count). The van der Waals surface area contributed by atoms with Crippen molar-refractivity contribution in [1.82, 2.24) is 20.3 Å². The minimum absolute atomic E-state index is 0.0209. The van der Waals surface area contributed by atoms with Crippen molar-refractivity contribution in [2.75, 3.05) is 31.6 Å². The van der Waals surface area contributed by atoms with Crippen molar-refractivity contribution >= 4 is 22.8 Å². The van der Waals surface area contributed by atoms with Crippen LogP contribution in [0.1, 0.15) is 6.42 Å². The lowest BCUT2D eigenvalue weighted by Crippen LogP contribution is -2.47. The largest absolute Gasteiger partial charge is 0.374 e. The van der Waals surface area contributed by atoms with E-state index in [0.29, 0.717) is 31.9 Å². The molecule has 1 aromatic carbocycles. The fourth-order valence-electron chi connectivity index (χ4n) is 2.38. The lowest BCUT2D eigenvalue weighted by molar-refractivity contribution is -0.0146. The third kappa shape index (κ3) is 3.11. The zero-order valence-electron chi connectivity index (χ0n) is 11.6.